The highest BCUT2D eigenvalue weighted by molar-refractivity contribution is 5.84. The predicted molar refractivity (Wildman–Crippen MR) is 41.8 cm³/mol. The average Bonchev–Trinajstić information content (AvgIpc) is 2.48. The van der Waals surface area contributed by atoms with Gasteiger partial charge in [0.15, 0.2) is 0 Å². The Bertz CT molecular complexity index is 272. The molecule has 0 bridgehead atoms. The summed E-state index contributed by atoms with van der Waals surface area (Å²) >= 11 is 0. The molecule has 1 rings (SSSR count). The number of nitrogens with zero attached hydrogens (tertiary/aromatic N) is 1. The van der Waals surface area contributed by atoms with Crippen LogP contribution < -0.4 is 5.73 Å². The zero-order valence-electron chi connectivity index (χ0n) is 7.24. The Hall–Kier alpha value is -1.24. The molecule has 1 aliphatic rings. The molecular weight excluding hydrogens is 198 g/mol. The number of carbonyl (C=O) groups excluding carboxylic acids is 1. The number of halogens is 2. The maximum absolute atomic E-state index is 12.0. The van der Waals surface area contributed by atoms with Crippen molar-refractivity contribution in [2.75, 3.05) is 13.1 Å². The van der Waals surface area contributed by atoms with Crippen molar-refractivity contribution in [1.82, 2.24) is 4.90 Å². The van der Waals surface area contributed by atoms with Crippen LogP contribution in [0.4, 0.5) is 8.78 Å². The van der Waals surface area contributed by atoms with Gasteiger partial charge in [0.2, 0.25) is 0 Å². The van der Waals surface area contributed by atoms with Crippen LogP contribution >= 0.6 is 0 Å². The van der Waals surface area contributed by atoms with Crippen LogP contribution in [0.2, 0.25) is 0 Å². The van der Waals surface area contributed by atoms with Gasteiger partial charge in [-0.15, -0.1) is 0 Å². The lowest BCUT2D eigenvalue weighted by molar-refractivity contribution is -0.144. The summed E-state index contributed by atoms with van der Waals surface area (Å²) in [7, 11) is 0. The second kappa shape index (κ2) is 3.49. The summed E-state index contributed by atoms with van der Waals surface area (Å²) in [6.45, 7) is -0.391. The van der Waals surface area contributed by atoms with E-state index in [2.05, 4.69) is 0 Å². The van der Waals surface area contributed by atoms with Crippen molar-refractivity contribution in [3.8, 4) is 0 Å². The molecule has 0 spiro atoms. The van der Waals surface area contributed by atoms with E-state index >= 15 is 0 Å². The number of carbonyl (C=O) groups is 2. The van der Waals surface area contributed by atoms with Gasteiger partial charge in [-0.3, -0.25) is 9.59 Å². The summed E-state index contributed by atoms with van der Waals surface area (Å²) in [5.74, 6) is -2.64. The lowest BCUT2D eigenvalue weighted by atomic mass is 10.0. The molecule has 80 valence electrons. The monoisotopic (exact) mass is 208 g/mol. The molecule has 1 aliphatic heterocycles. The minimum absolute atomic E-state index is 0.000787. The van der Waals surface area contributed by atoms with Crippen molar-refractivity contribution in [2.24, 2.45) is 5.73 Å². The van der Waals surface area contributed by atoms with Crippen LogP contribution in [0.1, 0.15) is 6.42 Å². The Morgan fingerprint density at radius 3 is 2.43 bits per heavy atom. The summed E-state index contributed by atoms with van der Waals surface area (Å²) in [6, 6.07) is 0. The van der Waals surface area contributed by atoms with Gasteiger partial charge in [0.05, 0.1) is 0 Å². The molecule has 3 N–H and O–H groups in total. The molecule has 1 fully saturated rings. The zero-order chi connectivity index (χ0) is 10.9. The number of hydrogen-bond donors (Lipinski definition) is 2. The molecule has 14 heavy (non-hydrogen) atoms. The first-order valence-corrected chi connectivity index (χ1v) is 3.96. The molecule has 7 heteroatoms. The standard InChI is InChI=1S/C7H10F2N2O3/c8-4(9)5(12)11-2-1-7(10,3-11)6(13)14/h4H,1-3,10H2,(H,13,14). The second-order valence-electron chi connectivity index (χ2n) is 3.27. The van der Waals surface area contributed by atoms with Gasteiger partial charge in [-0.2, -0.15) is 8.78 Å². The zero-order valence-corrected chi connectivity index (χ0v) is 7.24. The number of carboxylic acid groups (broad SMARTS) is 1. The Morgan fingerprint density at radius 1 is 1.50 bits per heavy atom. The summed E-state index contributed by atoms with van der Waals surface area (Å²) in [6.07, 6.45) is -3.10. The van der Waals surface area contributed by atoms with Crippen LogP contribution in [0.5, 0.6) is 0 Å². The average molecular weight is 208 g/mol. The maximum Gasteiger partial charge on any atom is 0.325 e. The number of alkyl halides is 2. The molecule has 1 atom stereocenters. The summed E-state index contributed by atoms with van der Waals surface area (Å²) in [4.78, 5) is 22.2. The molecule has 1 unspecified atom stereocenters. The number of carboxylic acids is 1. The molecule has 1 heterocycles. The number of rotatable bonds is 2. The minimum atomic E-state index is -3.11. The van der Waals surface area contributed by atoms with Crippen molar-refractivity contribution in [3.63, 3.8) is 0 Å². The van der Waals surface area contributed by atoms with E-state index in [1.165, 1.54) is 0 Å². The first kappa shape index (κ1) is 10.8. The minimum Gasteiger partial charge on any atom is -0.480 e. The summed E-state index contributed by atoms with van der Waals surface area (Å²) < 4.78 is 23.9. The number of hydrogen-bond acceptors (Lipinski definition) is 3. The van der Waals surface area contributed by atoms with Gasteiger partial charge in [-0.1, -0.05) is 0 Å². The topological polar surface area (TPSA) is 83.6 Å². The van der Waals surface area contributed by atoms with Gasteiger partial charge in [0, 0.05) is 13.1 Å². The third-order valence-electron chi connectivity index (χ3n) is 2.23. The molecule has 1 amide bonds. The van der Waals surface area contributed by atoms with E-state index < -0.39 is 23.8 Å². The lowest BCUT2D eigenvalue weighted by Gasteiger charge is -2.19. The van der Waals surface area contributed by atoms with Gasteiger partial charge < -0.3 is 15.7 Å². The fraction of sp³-hybridized carbons (Fsp3) is 0.714. The second-order valence-corrected chi connectivity index (χ2v) is 3.27. The number of amides is 1. The molecule has 0 aromatic carbocycles. The fourth-order valence-electron chi connectivity index (χ4n) is 1.33. The van der Waals surface area contributed by atoms with Gasteiger partial charge in [0.25, 0.3) is 5.91 Å². The van der Waals surface area contributed by atoms with Crippen LogP contribution in [0.25, 0.3) is 0 Å². The maximum atomic E-state index is 12.0. The van der Waals surface area contributed by atoms with Crippen molar-refractivity contribution in [2.45, 2.75) is 18.4 Å². The van der Waals surface area contributed by atoms with E-state index in [1.54, 1.807) is 0 Å². The fourth-order valence-corrected chi connectivity index (χ4v) is 1.33. The van der Waals surface area contributed by atoms with Crippen molar-refractivity contribution in [1.29, 1.82) is 0 Å². The van der Waals surface area contributed by atoms with Crippen LogP contribution in [0, 0.1) is 0 Å². The number of likely N-dealkylation sites (tertiary alicyclic amines) is 1. The van der Waals surface area contributed by atoms with E-state index in [1.807, 2.05) is 0 Å². The molecular formula is C7H10F2N2O3. The lowest BCUT2D eigenvalue weighted by Crippen LogP contribution is -2.51. The van der Waals surface area contributed by atoms with Gasteiger partial charge in [0.1, 0.15) is 5.54 Å². The van der Waals surface area contributed by atoms with Gasteiger partial charge in [-0.25, -0.2) is 0 Å². The summed E-state index contributed by atoms with van der Waals surface area (Å²) in [5, 5.41) is 8.66. The van der Waals surface area contributed by atoms with Crippen LogP contribution in [0.3, 0.4) is 0 Å². The van der Waals surface area contributed by atoms with Crippen LogP contribution in [-0.2, 0) is 9.59 Å². The highest BCUT2D eigenvalue weighted by atomic mass is 19.3. The summed E-state index contributed by atoms with van der Waals surface area (Å²) in [5.41, 5.74) is 3.81. The quantitative estimate of drug-likeness (QED) is 0.626. The van der Waals surface area contributed by atoms with Gasteiger partial charge >= 0.3 is 12.4 Å². The van der Waals surface area contributed by atoms with Crippen molar-refractivity contribution < 1.29 is 23.5 Å². The normalized spacial score (nSPS) is 27.0. The van der Waals surface area contributed by atoms with E-state index in [4.69, 9.17) is 10.8 Å². The van der Waals surface area contributed by atoms with Crippen LogP contribution in [0.15, 0.2) is 0 Å². The number of aliphatic carboxylic acids is 1. The third-order valence-corrected chi connectivity index (χ3v) is 2.23. The van der Waals surface area contributed by atoms with E-state index in [0.29, 0.717) is 0 Å². The molecule has 1 saturated heterocycles. The van der Waals surface area contributed by atoms with E-state index in [-0.39, 0.29) is 19.5 Å². The Morgan fingerprint density at radius 2 is 2.07 bits per heavy atom. The predicted octanol–water partition coefficient (Wildman–Crippen LogP) is -0.734. The van der Waals surface area contributed by atoms with Crippen molar-refractivity contribution >= 4 is 11.9 Å². The van der Waals surface area contributed by atoms with E-state index in [9.17, 15) is 18.4 Å². The van der Waals surface area contributed by atoms with E-state index in [0.717, 1.165) is 4.90 Å². The first-order chi connectivity index (χ1) is 6.37. The van der Waals surface area contributed by atoms with Crippen LogP contribution in [-0.4, -0.2) is 46.9 Å². The smallest absolute Gasteiger partial charge is 0.325 e. The SMILES string of the molecule is NC1(C(=O)O)CCN(C(=O)C(F)F)C1. The highest BCUT2D eigenvalue weighted by Crippen LogP contribution is 2.20. The highest BCUT2D eigenvalue weighted by Gasteiger charge is 2.44. The molecule has 0 aromatic heterocycles. The third kappa shape index (κ3) is 1.82. The molecule has 0 aromatic rings. The molecule has 0 saturated carbocycles. The number of nitrogens with two attached hydrogens (primary N) is 1. The Balaban J connectivity index is 2.66. The Kier molecular flexibility index (Phi) is 2.70. The van der Waals surface area contributed by atoms with Gasteiger partial charge in [-0.05, 0) is 6.42 Å². The van der Waals surface area contributed by atoms with Crippen molar-refractivity contribution in [3.05, 3.63) is 0 Å². The Labute approximate surface area is 78.5 Å². The molecule has 0 aliphatic carbocycles. The largest absolute Gasteiger partial charge is 0.480 e. The molecule has 0 radical (unpaired) electrons. The molecule has 5 nitrogen and oxygen atoms in total. The first-order valence-electron chi connectivity index (χ1n) is 3.96.